The number of hydrogen-bond acceptors (Lipinski definition) is 4. The Kier molecular flexibility index (Phi) is 10.4. The van der Waals surface area contributed by atoms with Crippen LogP contribution in [-0.2, 0) is 17.9 Å². The van der Waals surface area contributed by atoms with Gasteiger partial charge in [0.1, 0.15) is 0 Å². The molecule has 2 N–H and O–H groups in total. The summed E-state index contributed by atoms with van der Waals surface area (Å²) >= 11 is 6.00. The molecule has 0 fully saturated rings. The van der Waals surface area contributed by atoms with E-state index in [1.165, 1.54) is 17.0 Å². The fourth-order valence-corrected chi connectivity index (χ4v) is 2.43. The molecule has 2 rings (SSSR count). The van der Waals surface area contributed by atoms with Crippen molar-refractivity contribution in [2.75, 3.05) is 20.6 Å². The van der Waals surface area contributed by atoms with Gasteiger partial charge < -0.3 is 15.5 Å². The van der Waals surface area contributed by atoms with E-state index in [9.17, 15) is 14.9 Å². The Morgan fingerprint density at radius 3 is 2.41 bits per heavy atom. The number of aliphatic imine (C=N–C) groups is 1. The summed E-state index contributed by atoms with van der Waals surface area (Å²) in [6, 6.07) is 13.6. The Labute approximate surface area is 191 Å². The Morgan fingerprint density at radius 2 is 1.83 bits per heavy atom. The number of nitrogens with one attached hydrogen (secondary N) is 2. The maximum Gasteiger partial charge on any atom is 0.269 e. The van der Waals surface area contributed by atoms with Crippen LogP contribution < -0.4 is 10.6 Å². The standard InChI is InChI=1S/C19H22ClN5O3.HI/c1-24(2)18(26)13-23-19(22-12-15-4-3-5-16(20)10-15)21-11-14-6-8-17(9-7-14)25(27)28;/h3-10H,11-13H2,1-2H3,(H2,21,22,23);1H. The van der Waals surface area contributed by atoms with Crippen molar-refractivity contribution in [3.63, 3.8) is 0 Å². The fraction of sp³-hybridized carbons (Fsp3) is 0.263. The molecule has 0 bridgehead atoms. The third-order valence-corrected chi connectivity index (χ3v) is 4.06. The van der Waals surface area contributed by atoms with E-state index in [-0.39, 0.29) is 42.1 Å². The lowest BCUT2D eigenvalue weighted by molar-refractivity contribution is -0.384. The predicted molar refractivity (Wildman–Crippen MR) is 125 cm³/mol. The van der Waals surface area contributed by atoms with Gasteiger partial charge >= 0.3 is 0 Å². The molecule has 0 atom stereocenters. The monoisotopic (exact) mass is 531 g/mol. The molecular weight excluding hydrogens is 509 g/mol. The quantitative estimate of drug-likeness (QED) is 0.188. The van der Waals surface area contributed by atoms with Gasteiger partial charge in [0.05, 0.1) is 18.0 Å². The lowest BCUT2D eigenvalue weighted by Gasteiger charge is -2.15. The first-order valence-corrected chi connectivity index (χ1v) is 8.93. The molecule has 2 aromatic carbocycles. The highest BCUT2D eigenvalue weighted by Crippen LogP contribution is 2.12. The predicted octanol–water partition coefficient (Wildman–Crippen LogP) is 3.19. The van der Waals surface area contributed by atoms with Crippen molar-refractivity contribution in [3.8, 4) is 0 Å². The lowest BCUT2D eigenvalue weighted by Crippen LogP contribution is -2.42. The highest BCUT2D eigenvalue weighted by Gasteiger charge is 2.07. The van der Waals surface area contributed by atoms with Gasteiger partial charge in [-0.3, -0.25) is 14.9 Å². The molecule has 0 saturated carbocycles. The third kappa shape index (κ3) is 8.65. The normalized spacial score (nSPS) is 10.7. The first kappa shape index (κ1) is 24.6. The third-order valence-electron chi connectivity index (χ3n) is 3.82. The molecule has 0 aromatic heterocycles. The number of amides is 1. The van der Waals surface area contributed by atoms with Gasteiger partial charge in [-0.15, -0.1) is 24.0 Å². The summed E-state index contributed by atoms with van der Waals surface area (Å²) in [4.78, 5) is 28.1. The van der Waals surface area contributed by atoms with Crippen molar-refractivity contribution in [2.45, 2.75) is 13.1 Å². The van der Waals surface area contributed by atoms with Gasteiger partial charge in [0.2, 0.25) is 5.91 Å². The van der Waals surface area contributed by atoms with Crippen LogP contribution in [0.1, 0.15) is 11.1 Å². The van der Waals surface area contributed by atoms with Gasteiger partial charge in [-0.1, -0.05) is 35.9 Å². The molecule has 0 saturated heterocycles. The second kappa shape index (κ2) is 12.2. The molecule has 0 aliphatic carbocycles. The Hall–Kier alpha value is -2.40. The Balaban J connectivity index is 0.00000420. The largest absolute Gasteiger partial charge is 0.352 e. The summed E-state index contributed by atoms with van der Waals surface area (Å²) in [5.74, 6) is 0.362. The summed E-state index contributed by atoms with van der Waals surface area (Å²) in [7, 11) is 3.36. The van der Waals surface area contributed by atoms with Crippen molar-refractivity contribution in [1.29, 1.82) is 0 Å². The molecular formula is C19H23ClIN5O3. The highest BCUT2D eigenvalue weighted by atomic mass is 127. The number of carbonyl (C=O) groups is 1. The number of likely N-dealkylation sites (N-methyl/N-ethyl adjacent to an activating group) is 1. The van der Waals surface area contributed by atoms with Gasteiger partial charge in [0.25, 0.3) is 5.69 Å². The summed E-state index contributed by atoms with van der Waals surface area (Å²) < 4.78 is 0. The lowest BCUT2D eigenvalue weighted by atomic mass is 10.2. The van der Waals surface area contributed by atoms with Crippen LogP contribution in [0.25, 0.3) is 0 Å². The number of non-ortho nitro benzene ring substituents is 1. The number of nitrogens with zero attached hydrogens (tertiary/aromatic N) is 3. The summed E-state index contributed by atoms with van der Waals surface area (Å²) in [5.41, 5.74) is 1.82. The molecule has 0 unspecified atom stereocenters. The topological polar surface area (TPSA) is 99.9 Å². The zero-order chi connectivity index (χ0) is 20.5. The van der Waals surface area contributed by atoms with Crippen LogP contribution in [-0.4, -0.2) is 42.3 Å². The van der Waals surface area contributed by atoms with Gasteiger partial charge in [0.15, 0.2) is 5.96 Å². The van der Waals surface area contributed by atoms with E-state index < -0.39 is 4.92 Å². The fourth-order valence-electron chi connectivity index (χ4n) is 2.22. The van der Waals surface area contributed by atoms with E-state index in [1.807, 2.05) is 18.2 Å². The SMILES string of the molecule is CN(C)C(=O)CNC(=NCc1cccc(Cl)c1)NCc1ccc([N+](=O)[O-])cc1.I. The molecule has 0 aliphatic heterocycles. The van der Waals surface area contributed by atoms with Crippen molar-refractivity contribution < 1.29 is 9.72 Å². The van der Waals surface area contributed by atoms with Gasteiger partial charge in [0, 0.05) is 37.8 Å². The van der Waals surface area contributed by atoms with E-state index in [0.29, 0.717) is 24.1 Å². The number of benzene rings is 2. The smallest absolute Gasteiger partial charge is 0.269 e. The van der Waals surface area contributed by atoms with Crippen LogP contribution in [0.15, 0.2) is 53.5 Å². The summed E-state index contributed by atoms with van der Waals surface area (Å²) in [6.07, 6.45) is 0. The minimum absolute atomic E-state index is 0. The molecule has 1 amide bonds. The van der Waals surface area contributed by atoms with Gasteiger partial charge in [-0.05, 0) is 23.3 Å². The molecule has 8 nitrogen and oxygen atoms in total. The van der Waals surface area contributed by atoms with E-state index in [1.54, 1.807) is 32.3 Å². The maximum atomic E-state index is 11.8. The zero-order valence-electron chi connectivity index (χ0n) is 16.1. The Bertz CT molecular complexity index is 859. The van der Waals surface area contributed by atoms with Crippen LogP contribution in [0.4, 0.5) is 5.69 Å². The molecule has 0 spiro atoms. The second-order valence-corrected chi connectivity index (χ2v) is 6.65. The van der Waals surface area contributed by atoms with Crippen molar-refractivity contribution >= 4 is 53.1 Å². The molecule has 29 heavy (non-hydrogen) atoms. The van der Waals surface area contributed by atoms with Crippen molar-refractivity contribution in [3.05, 3.63) is 74.8 Å². The number of guanidine groups is 1. The van der Waals surface area contributed by atoms with Gasteiger partial charge in [-0.25, -0.2) is 4.99 Å². The average Bonchev–Trinajstić information content (AvgIpc) is 2.67. The average molecular weight is 532 g/mol. The van der Waals surface area contributed by atoms with Crippen LogP contribution in [0, 0.1) is 10.1 Å². The minimum Gasteiger partial charge on any atom is -0.352 e. The van der Waals surface area contributed by atoms with E-state index in [4.69, 9.17) is 11.6 Å². The molecule has 10 heteroatoms. The minimum atomic E-state index is -0.441. The molecule has 0 radical (unpaired) electrons. The Morgan fingerprint density at radius 1 is 1.14 bits per heavy atom. The molecule has 2 aromatic rings. The summed E-state index contributed by atoms with van der Waals surface area (Å²) in [6.45, 7) is 0.872. The number of hydrogen-bond donors (Lipinski definition) is 2. The van der Waals surface area contributed by atoms with Crippen LogP contribution in [0.3, 0.4) is 0 Å². The van der Waals surface area contributed by atoms with Gasteiger partial charge in [-0.2, -0.15) is 0 Å². The molecule has 0 aliphatic rings. The van der Waals surface area contributed by atoms with Crippen LogP contribution >= 0.6 is 35.6 Å². The van der Waals surface area contributed by atoms with Crippen molar-refractivity contribution in [2.24, 2.45) is 4.99 Å². The molecule has 0 heterocycles. The first-order valence-electron chi connectivity index (χ1n) is 8.55. The number of nitro benzene ring substituents is 1. The summed E-state index contributed by atoms with van der Waals surface area (Å²) in [5, 5.41) is 17.5. The number of rotatable bonds is 7. The van der Waals surface area contributed by atoms with E-state index >= 15 is 0 Å². The maximum absolute atomic E-state index is 11.8. The number of carbonyl (C=O) groups excluding carboxylic acids is 1. The van der Waals surface area contributed by atoms with Crippen LogP contribution in [0.2, 0.25) is 5.02 Å². The van der Waals surface area contributed by atoms with Crippen molar-refractivity contribution in [1.82, 2.24) is 15.5 Å². The van der Waals surface area contributed by atoms with E-state index in [0.717, 1.165) is 11.1 Å². The van der Waals surface area contributed by atoms with E-state index in [2.05, 4.69) is 15.6 Å². The highest BCUT2D eigenvalue weighted by molar-refractivity contribution is 14.0. The molecule has 156 valence electrons. The second-order valence-electron chi connectivity index (χ2n) is 6.21. The number of halogens is 2. The van der Waals surface area contributed by atoms with Crippen LogP contribution in [0.5, 0.6) is 0 Å². The zero-order valence-corrected chi connectivity index (χ0v) is 19.2. The first-order chi connectivity index (χ1) is 13.3. The number of nitro groups is 1.